The Morgan fingerprint density at radius 2 is 1.85 bits per heavy atom. The number of anilines is 1. The number of aryl methyl sites for hydroxylation is 2. The molecule has 0 aromatic heterocycles. The van der Waals surface area contributed by atoms with E-state index in [4.69, 9.17) is 16.3 Å². The molecule has 0 aliphatic rings. The van der Waals surface area contributed by atoms with Gasteiger partial charge in [-0.25, -0.2) is 0 Å². The average molecular weight is 387 g/mol. The standard InChI is InChI=1S/C21H23ClN2O3/c1-5-10-23-21(26)17-8-6-7-9-18(17)24-20(25)15(4)27-16-11-13(2)19(22)14(3)12-16/h5-9,11-12,15H,1,10H2,2-4H3,(H,23,26)(H,24,25)/t15-/m0/s1. The van der Waals surface area contributed by atoms with Gasteiger partial charge in [0.25, 0.3) is 11.8 Å². The van der Waals surface area contributed by atoms with E-state index in [-0.39, 0.29) is 11.8 Å². The number of nitrogens with one attached hydrogen (secondary N) is 2. The molecule has 0 heterocycles. The maximum atomic E-state index is 12.5. The van der Waals surface area contributed by atoms with E-state index in [0.717, 1.165) is 11.1 Å². The van der Waals surface area contributed by atoms with E-state index in [1.54, 1.807) is 49.4 Å². The summed E-state index contributed by atoms with van der Waals surface area (Å²) in [5, 5.41) is 6.13. The van der Waals surface area contributed by atoms with Crippen molar-refractivity contribution < 1.29 is 14.3 Å². The van der Waals surface area contributed by atoms with Crippen LogP contribution in [0.4, 0.5) is 5.69 Å². The summed E-state index contributed by atoms with van der Waals surface area (Å²) in [7, 11) is 0. The van der Waals surface area contributed by atoms with Gasteiger partial charge in [0.1, 0.15) is 5.75 Å². The molecule has 0 spiro atoms. The summed E-state index contributed by atoms with van der Waals surface area (Å²) >= 11 is 6.16. The van der Waals surface area contributed by atoms with Crippen molar-refractivity contribution in [2.45, 2.75) is 26.9 Å². The molecule has 2 rings (SSSR count). The third-order valence-corrected chi connectivity index (χ3v) is 4.52. The normalized spacial score (nSPS) is 11.4. The number of amides is 2. The Kier molecular flexibility index (Phi) is 7.02. The van der Waals surface area contributed by atoms with Crippen molar-refractivity contribution in [3.63, 3.8) is 0 Å². The molecule has 0 radical (unpaired) electrons. The SMILES string of the molecule is C=CCNC(=O)c1ccccc1NC(=O)[C@H](C)Oc1cc(C)c(Cl)c(C)c1. The quantitative estimate of drug-likeness (QED) is 0.698. The number of benzene rings is 2. The van der Waals surface area contributed by atoms with Crippen LogP contribution in [-0.4, -0.2) is 24.5 Å². The average Bonchev–Trinajstić information content (AvgIpc) is 2.64. The summed E-state index contributed by atoms with van der Waals surface area (Å²) in [5.41, 5.74) is 2.55. The Bertz CT molecular complexity index is 841. The van der Waals surface area contributed by atoms with E-state index in [1.165, 1.54) is 0 Å². The van der Waals surface area contributed by atoms with Crippen LogP contribution >= 0.6 is 11.6 Å². The molecule has 0 fully saturated rings. The maximum Gasteiger partial charge on any atom is 0.265 e. The van der Waals surface area contributed by atoms with Gasteiger partial charge in [-0.2, -0.15) is 0 Å². The first-order chi connectivity index (χ1) is 12.8. The number of halogens is 1. The lowest BCUT2D eigenvalue weighted by Crippen LogP contribution is -2.31. The Morgan fingerprint density at radius 1 is 1.22 bits per heavy atom. The molecule has 142 valence electrons. The van der Waals surface area contributed by atoms with E-state index in [0.29, 0.717) is 28.6 Å². The number of carbonyl (C=O) groups is 2. The van der Waals surface area contributed by atoms with Crippen molar-refractivity contribution >= 4 is 29.1 Å². The molecule has 2 N–H and O–H groups in total. The Balaban J connectivity index is 2.11. The lowest BCUT2D eigenvalue weighted by atomic mass is 10.1. The second kappa shape index (κ2) is 9.24. The number of ether oxygens (including phenoxy) is 1. The van der Waals surface area contributed by atoms with E-state index < -0.39 is 6.10 Å². The molecule has 27 heavy (non-hydrogen) atoms. The Morgan fingerprint density at radius 3 is 2.48 bits per heavy atom. The Labute approximate surface area is 164 Å². The first-order valence-corrected chi connectivity index (χ1v) is 8.93. The summed E-state index contributed by atoms with van der Waals surface area (Å²) in [6.45, 7) is 9.32. The maximum absolute atomic E-state index is 12.5. The minimum absolute atomic E-state index is 0.289. The van der Waals surface area contributed by atoms with E-state index in [2.05, 4.69) is 17.2 Å². The molecule has 5 nitrogen and oxygen atoms in total. The van der Waals surface area contributed by atoms with E-state index in [1.807, 2.05) is 13.8 Å². The fraction of sp³-hybridized carbons (Fsp3) is 0.238. The number of para-hydroxylation sites is 1. The second-order valence-electron chi connectivity index (χ2n) is 6.16. The van der Waals surface area contributed by atoms with Crippen molar-refractivity contribution in [2.24, 2.45) is 0 Å². The molecule has 2 aromatic carbocycles. The molecule has 0 saturated carbocycles. The molecule has 0 bridgehead atoms. The molecule has 2 aromatic rings. The Hall–Kier alpha value is -2.79. The molecule has 0 aliphatic heterocycles. The smallest absolute Gasteiger partial charge is 0.265 e. The predicted molar refractivity (Wildman–Crippen MR) is 109 cm³/mol. The number of rotatable bonds is 7. The van der Waals surface area contributed by atoms with Gasteiger partial charge in [0, 0.05) is 11.6 Å². The highest BCUT2D eigenvalue weighted by Crippen LogP contribution is 2.26. The summed E-state index contributed by atoms with van der Waals surface area (Å²) < 4.78 is 5.75. The zero-order valence-electron chi connectivity index (χ0n) is 15.6. The highest BCUT2D eigenvalue weighted by atomic mass is 35.5. The largest absolute Gasteiger partial charge is 0.481 e. The zero-order valence-corrected chi connectivity index (χ0v) is 16.4. The molecule has 0 aliphatic carbocycles. The van der Waals surface area contributed by atoms with Crippen LogP contribution in [0.5, 0.6) is 5.75 Å². The second-order valence-corrected chi connectivity index (χ2v) is 6.54. The molecule has 1 atom stereocenters. The van der Waals surface area contributed by atoms with Crippen molar-refractivity contribution in [2.75, 3.05) is 11.9 Å². The number of hydrogen-bond acceptors (Lipinski definition) is 3. The molecule has 6 heteroatoms. The summed E-state index contributed by atoms with van der Waals surface area (Å²) in [4.78, 5) is 24.8. The van der Waals surface area contributed by atoms with E-state index >= 15 is 0 Å². The van der Waals surface area contributed by atoms with Crippen molar-refractivity contribution in [3.05, 3.63) is 70.8 Å². The van der Waals surface area contributed by atoms with Gasteiger partial charge in [-0.1, -0.05) is 29.8 Å². The molecule has 0 saturated heterocycles. The van der Waals surface area contributed by atoms with Gasteiger partial charge in [-0.15, -0.1) is 6.58 Å². The van der Waals surface area contributed by atoms with Gasteiger partial charge >= 0.3 is 0 Å². The van der Waals surface area contributed by atoms with Gasteiger partial charge in [0.15, 0.2) is 6.10 Å². The fourth-order valence-corrected chi connectivity index (χ4v) is 2.63. The minimum Gasteiger partial charge on any atom is -0.481 e. The first-order valence-electron chi connectivity index (χ1n) is 8.56. The van der Waals surface area contributed by atoms with Gasteiger partial charge in [-0.05, 0) is 56.2 Å². The predicted octanol–water partition coefficient (Wildman–Crippen LogP) is 4.28. The summed E-state index contributed by atoms with van der Waals surface area (Å²) in [6, 6.07) is 10.4. The van der Waals surface area contributed by atoms with Crippen molar-refractivity contribution in [1.29, 1.82) is 0 Å². The van der Waals surface area contributed by atoms with Gasteiger partial charge in [0.2, 0.25) is 0 Å². The van der Waals surface area contributed by atoms with Crippen molar-refractivity contribution in [3.8, 4) is 5.75 Å². The minimum atomic E-state index is -0.755. The highest BCUT2D eigenvalue weighted by molar-refractivity contribution is 6.32. The van der Waals surface area contributed by atoms with Crippen LogP contribution in [0.15, 0.2) is 49.1 Å². The van der Waals surface area contributed by atoms with Gasteiger partial charge < -0.3 is 15.4 Å². The molecule has 2 amide bonds. The fourth-order valence-electron chi connectivity index (χ4n) is 2.52. The van der Waals surface area contributed by atoms with Crippen LogP contribution < -0.4 is 15.4 Å². The van der Waals surface area contributed by atoms with Crippen LogP contribution in [0.3, 0.4) is 0 Å². The third kappa shape index (κ3) is 5.34. The monoisotopic (exact) mass is 386 g/mol. The number of carbonyl (C=O) groups excluding carboxylic acids is 2. The third-order valence-electron chi connectivity index (χ3n) is 3.93. The topological polar surface area (TPSA) is 67.4 Å². The van der Waals surface area contributed by atoms with Crippen LogP contribution in [0.1, 0.15) is 28.4 Å². The van der Waals surface area contributed by atoms with Crippen LogP contribution in [0.2, 0.25) is 5.02 Å². The van der Waals surface area contributed by atoms with Crippen molar-refractivity contribution in [1.82, 2.24) is 5.32 Å². The highest BCUT2D eigenvalue weighted by Gasteiger charge is 2.19. The molecular weight excluding hydrogens is 364 g/mol. The molecular formula is C21H23ClN2O3. The zero-order chi connectivity index (χ0) is 20.0. The van der Waals surface area contributed by atoms with Crippen LogP contribution in [-0.2, 0) is 4.79 Å². The summed E-state index contributed by atoms with van der Waals surface area (Å²) in [5.74, 6) is -0.0818. The molecule has 0 unspecified atom stereocenters. The van der Waals surface area contributed by atoms with E-state index in [9.17, 15) is 9.59 Å². The van der Waals surface area contributed by atoms with Gasteiger partial charge in [0.05, 0.1) is 11.3 Å². The lowest BCUT2D eigenvalue weighted by Gasteiger charge is -2.17. The van der Waals surface area contributed by atoms with Crippen LogP contribution in [0, 0.1) is 13.8 Å². The lowest BCUT2D eigenvalue weighted by molar-refractivity contribution is -0.122. The summed E-state index contributed by atoms with van der Waals surface area (Å²) in [6.07, 6.45) is 0.833. The number of hydrogen-bond donors (Lipinski definition) is 2. The first kappa shape index (κ1) is 20.5. The van der Waals surface area contributed by atoms with Gasteiger partial charge in [-0.3, -0.25) is 9.59 Å². The van der Waals surface area contributed by atoms with Crippen LogP contribution in [0.25, 0.3) is 0 Å².